The van der Waals surface area contributed by atoms with Crippen molar-refractivity contribution in [1.82, 2.24) is 10.3 Å². The third-order valence-corrected chi connectivity index (χ3v) is 4.35. The molecule has 25 heavy (non-hydrogen) atoms. The molecule has 0 bridgehead atoms. The summed E-state index contributed by atoms with van der Waals surface area (Å²) < 4.78 is 5.28. The van der Waals surface area contributed by atoms with Gasteiger partial charge in [-0.1, -0.05) is 32.9 Å². The summed E-state index contributed by atoms with van der Waals surface area (Å²) in [5.74, 6) is -0.510. The van der Waals surface area contributed by atoms with Crippen LogP contribution < -0.4 is 15.8 Å². The Morgan fingerprint density at radius 3 is 2.64 bits per heavy atom. The summed E-state index contributed by atoms with van der Waals surface area (Å²) in [7, 11) is 0. The van der Waals surface area contributed by atoms with E-state index in [0.29, 0.717) is 24.3 Å². The van der Waals surface area contributed by atoms with Crippen LogP contribution in [0.4, 0.5) is 0 Å². The van der Waals surface area contributed by atoms with E-state index in [1.807, 2.05) is 0 Å². The van der Waals surface area contributed by atoms with Crippen LogP contribution in [0.1, 0.15) is 41.8 Å². The Bertz CT molecular complexity index is 750. The smallest absolute Gasteiger partial charge is 0.255 e. The summed E-state index contributed by atoms with van der Waals surface area (Å²) in [5.41, 5.74) is 6.53. The summed E-state index contributed by atoms with van der Waals surface area (Å²) in [6, 6.07) is 6.75. The number of ether oxygens (including phenoxy) is 1. The molecule has 0 saturated carbocycles. The lowest BCUT2D eigenvalue weighted by atomic mass is 9.93. The fraction of sp³-hybridized carbons (Fsp3) is 0.389. The van der Waals surface area contributed by atoms with Crippen molar-refractivity contribution in [3.63, 3.8) is 0 Å². The van der Waals surface area contributed by atoms with Crippen LogP contribution in [0.25, 0.3) is 0 Å². The van der Waals surface area contributed by atoms with Gasteiger partial charge in [-0.2, -0.15) is 0 Å². The van der Waals surface area contributed by atoms with Gasteiger partial charge in [-0.3, -0.25) is 9.59 Å². The average Bonchev–Trinajstić information content (AvgIpc) is 3.02. The van der Waals surface area contributed by atoms with Crippen molar-refractivity contribution in [3.8, 4) is 5.75 Å². The highest BCUT2D eigenvalue weighted by Crippen LogP contribution is 2.24. The first-order valence-electron chi connectivity index (χ1n) is 8.00. The number of rotatable bonds is 7. The van der Waals surface area contributed by atoms with Crippen molar-refractivity contribution in [3.05, 3.63) is 45.9 Å². The number of carbonyl (C=O) groups is 2. The molecule has 0 aliphatic heterocycles. The number of nitrogens with two attached hydrogens (primary N) is 1. The highest BCUT2D eigenvalue weighted by molar-refractivity contribution is 7.09. The fourth-order valence-electron chi connectivity index (χ4n) is 2.08. The minimum atomic E-state index is -0.589. The van der Waals surface area contributed by atoms with Crippen LogP contribution in [0.5, 0.6) is 5.75 Å². The summed E-state index contributed by atoms with van der Waals surface area (Å²) >= 11 is 1.60. The minimum absolute atomic E-state index is 0.0225. The molecule has 2 rings (SSSR count). The number of hydrogen-bond donors (Lipinski definition) is 2. The predicted molar refractivity (Wildman–Crippen MR) is 98.0 cm³/mol. The molecule has 1 aromatic heterocycles. The first-order chi connectivity index (χ1) is 11.8. The van der Waals surface area contributed by atoms with Crippen molar-refractivity contribution < 1.29 is 14.3 Å². The van der Waals surface area contributed by atoms with E-state index in [-0.39, 0.29) is 17.9 Å². The second-order valence-corrected chi connectivity index (χ2v) is 7.58. The van der Waals surface area contributed by atoms with Gasteiger partial charge in [-0.15, -0.1) is 11.3 Å². The van der Waals surface area contributed by atoms with Gasteiger partial charge in [0.15, 0.2) is 6.61 Å². The monoisotopic (exact) mass is 361 g/mol. The molecule has 0 unspecified atom stereocenters. The van der Waals surface area contributed by atoms with Gasteiger partial charge >= 0.3 is 0 Å². The Hall–Kier alpha value is -2.41. The van der Waals surface area contributed by atoms with E-state index < -0.39 is 5.91 Å². The van der Waals surface area contributed by atoms with Crippen LogP contribution >= 0.6 is 11.3 Å². The maximum absolute atomic E-state index is 12.3. The van der Waals surface area contributed by atoms with Gasteiger partial charge in [0.25, 0.3) is 11.8 Å². The van der Waals surface area contributed by atoms with Gasteiger partial charge in [0.05, 0.1) is 16.3 Å². The Morgan fingerprint density at radius 1 is 1.28 bits per heavy atom. The largest absolute Gasteiger partial charge is 0.483 e. The van der Waals surface area contributed by atoms with Crippen molar-refractivity contribution in [1.29, 1.82) is 0 Å². The molecule has 0 aliphatic carbocycles. The minimum Gasteiger partial charge on any atom is -0.483 e. The molecule has 7 heteroatoms. The second-order valence-electron chi connectivity index (χ2n) is 6.63. The molecule has 0 aliphatic rings. The topological polar surface area (TPSA) is 94.3 Å². The third kappa shape index (κ3) is 5.56. The maximum atomic E-state index is 12.3. The van der Waals surface area contributed by atoms with E-state index in [2.05, 4.69) is 36.5 Å². The van der Waals surface area contributed by atoms with E-state index in [1.165, 1.54) is 0 Å². The van der Waals surface area contributed by atoms with Crippen LogP contribution in [-0.4, -0.2) is 29.9 Å². The lowest BCUT2D eigenvalue weighted by Gasteiger charge is -2.14. The fourth-order valence-corrected chi connectivity index (χ4v) is 3.10. The number of aromatic nitrogens is 1. The van der Waals surface area contributed by atoms with E-state index in [1.54, 1.807) is 35.6 Å². The number of hydrogen-bond acceptors (Lipinski definition) is 5. The molecule has 134 valence electrons. The molecule has 0 spiro atoms. The van der Waals surface area contributed by atoms with Crippen LogP contribution in [0.2, 0.25) is 0 Å². The van der Waals surface area contributed by atoms with Gasteiger partial charge in [-0.25, -0.2) is 4.98 Å². The Labute approximate surface area is 151 Å². The summed E-state index contributed by atoms with van der Waals surface area (Å²) in [6.07, 6.45) is 0.663. The molecule has 0 fully saturated rings. The number of carbonyl (C=O) groups excluding carboxylic acids is 2. The van der Waals surface area contributed by atoms with Crippen molar-refractivity contribution in [2.24, 2.45) is 5.73 Å². The molecule has 3 N–H and O–H groups in total. The van der Waals surface area contributed by atoms with Gasteiger partial charge in [-0.05, 0) is 12.1 Å². The molecule has 1 aromatic carbocycles. The van der Waals surface area contributed by atoms with E-state index in [0.717, 1.165) is 10.7 Å². The molecule has 0 atom stereocenters. The highest BCUT2D eigenvalue weighted by Gasteiger charge is 2.17. The summed E-state index contributed by atoms with van der Waals surface area (Å²) in [6.45, 7) is 6.57. The molecule has 0 saturated heterocycles. The highest BCUT2D eigenvalue weighted by atomic mass is 32.1. The molecular formula is C18H23N3O3S. The van der Waals surface area contributed by atoms with E-state index >= 15 is 0 Å². The van der Waals surface area contributed by atoms with Gasteiger partial charge < -0.3 is 15.8 Å². The number of primary amides is 1. The van der Waals surface area contributed by atoms with E-state index in [4.69, 9.17) is 10.5 Å². The standard InChI is InChI=1S/C18H23N3O3S/c1-18(2,3)14-11-25-16(21-14)8-9-20-17(23)12-6-4-5-7-13(12)24-10-15(19)22/h4-7,11H,8-10H2,1-3H3,(H2,19,22)(H,20,23). The number of benzene rings is 1. The molecule has 2 aromatic rings. The second kappa shape index (κ2) is 8.11. The Morgan fingerprint density at radius 2 is 2.00 bits per heavy atom. The summed E-state index contributed by atoms with van der Waals surface area (Å²) in [4.78, 5) is 27.8. The van der Waals surface area contributed by atoms with Crippen molar-refractivity contribution in [2.75, 3.05) is 13.2 Å². The van der Waals surface area contributed by atoms with Crippen molar-refractivity contribution >= 4 is 23.2 Å². The quantitative estimate of drug-likeness (QED) is 0.791. The van der Waals surface area contributed by atoms with Gasteiger partial charge in [0.1, 0.15) is 5.75 Å². The zero-order valence-electron chi connectivity index (χ0n) is 14.7. The van der Waals surface area contributed by atoms with E-state index in [9.17, 15) is 9.59 Å². The Kier molecular flexibility index (Phi) is 6.14. The number of nitrogens with one attached hydrogen (secondary N) is 1. The zero-order chi connectivity index (χ0) is 18.4. The number of nitrogens with zero attached hydrogens (tertiary/aromatic N) is 1. The molecule has 1 heterocycles. The van der Waals surface area contributed by atoms with Crippen LogP contribution in [0.3, 0.4) is 0 Å². The zero-order valence-corrected chi connectivity index (χ0v) is 15.5. The average molecular weight is 361 g/mol. The van der Waals surface area contributed by atoms with Crippen LogP contribution in [-0.2, 0) is 16.6 Å². The van der Waals surface area contributed by atoms with Crippen molar-refractivity contribution in [2.45, 2.75) is 32.6 Å². The molecule has 6 nitrogen and oxygen atoms in total. The summed E-state index contributed by atoms with van der Waals surface area (Å²) in [5, 5.41) is 5.90. The number of amides is 2. The normalized spacial score (nSPS) is 11.2. The molecule has 0 radical (unpaired) electrons. The first kappa shape index (κ1) is 18.9. The lowest BCUT2D eigenvalue weighted by molar-refractivity contribution is -0.119. The van der Waals surface area contributed by atoms with Crippen LogP contribution in [0.15, 0.2) is 29.6 Å². The molecule has 2 amide bonds. The number of thiazole rings is 1. The first-order valence-corrected chi connectivity index (χ1v) is 8.88. The SMILES string of the molecule is CC(C)(C)c1csc(CCNC(=O)c2ccccc2OCC(N)=O)n1. The molecular weight excluding hydrogens is 338 g/mol. The maximum Gasteiger partial charge on any atom is 0.255 e. The third-order valence-electron chi connectivity index (χ3n) is 3.45. The predicted octanol–water partition coefficient (Wildman–Crippen LogP) is 2.28. The lowest BCUT2D eigenvalue weighted by Crippen LogP contribution is -2.27. The number of para-hydroxylation sites is 1. The van der Waals surface area contributed by atoms with Gasteiger partial charge in [0, 0.05) is 23.8 Å². The Balaban J connectivity index is 1.92. The van der Waals surface area contributed by atoms with Crippen LogP contribution in [0, 0.1) is 0 Å². The van der Waals surface area contributed by atoms with Gasteiger partial charge in [0.2, 0.25) is 0 Å².